The first-order chi connectivity index (χ1) is 7.90. The standard InChI is InChI=1S/C13H21N3/c14-8-7-11-9-15-13(16-10-11)12-5-3-1-2-4-6-12/h9-10,12H,1-8,14H2. The van der Waals surface area contributed by atoms with E-state index in [1.165, 1.54) is 38.5 Å². The number of aromatic nitrogens is 2. The molecule has 1 aromatic rings. The zero-order chi connectivity index (χ0) is 11.2. The van der Waals surface area contributed by atoms with E-state index in [1.54, 1.807) is 0 Å². The highest BCUT2D eigenvalue weighted by Crippen LogP contribution is 2.29. The van der Waals surface area contributed by atoms with Crippen LogP contribution < -0.4 is 5.73 Å². The Morgan fingerprint density at radius 3 is 2.25 bits per heavy atom. The molecule has 0 saturated heterocycles. The molecule has 1 saturated carbocycles. The Hall–Kier alpha value is -0.960. The molecule has 0 bridgehead atoms. The SMILES string of the molecule is NCCc1cnc(C2CCCCCC2)nc1. The summed E-state index contributed by atoms with van der Waals surface area (Å²) in [6, 6.07) is 0. The molecule has 1 heterocycles. The quantitative estimate of drug-likeness (QED) is 0.794. The van der Waals surface area contributed by atoms with E-state index < -0.39 is 0 Å². The summed E-state index contributed by atoms with van der Waals surface area (Å²) in [5.74, 6) is 1.64. The van der Waals surface area contributed by atoms with Gasteiger partial charge in [-0.2, -0.15) is 0 Å². The Labute approximate surface area is 97.5 Å². The Morgan fingerprint density at radius 1 is 1.06 bits per heavy atom. The van der Waals surface area contributed by atoms with Gasteiger partial charge in [-0.05, 0) is 31.4 Å². The van der Waals surface area contributed by atoms with Gasteiger partial charge in [-0.1, -0.05) is 25.7 Å². The molecule has 0 amide bonds. The minimum absolute atomic E-state index is 0.592. The van der Waals surface area contributed by atoms with Crippen LogP contribution in [0.1, 0.15) is 55.8 Å². The second-order valence-corrected chi connectivity index (χ2v) is 4.68. The van der Waals surface area contributed by atoms with E-state index in [9.17, 15) is 0 Å². The van der Waals surface area contributed by atoms with E-state index in [0.717, 1.165) is 17.8 Å². The fraction of sp³-hybridized carbons (Fsp3) is 0.692. The van der Waals surface area contributed by atoms with Crippen molar-refractivity contribution < 1.29 is 0 Å². The van der Waals surface area contributed by atoms with E-state index in [0.29, 0.717) is 12.5 Å². The second kappa shape index (κ2) is 5.94. The van der Waals surface area contributed by atoms with Gasteiger partial charge in [0.05, 0.1) is 0 Å². The van der Waals surface area contributed by atoms with Crippen molar-refractivity contribution in [1.29, 1.82) is 0 Å². The van der Waals surface area contributed by atoms with Crippen LogP contribution in [-0.4, -0.2) is 16.5 Å². The largest absolute Gasteiger partial charge is 0.330 e. The van der Waals surface area contributed by atoms with Gasteiger partial charge in [0.25, 0.3) is 0 Å². The third-order valence-electron chi connectivity index (χ3n) is 3.38. The Bertz CT molecular complexity index is 299. The minimum atomic E-state index is 0.592. The zero-order valence-corrected chi connectivity index (χ0v) is 9.86. The molecule has 0 aliphatic heterocycles. The Morgan fingerprint density at radius 2 is 1.69 bits per heavy atom. The maximum Gasteiger partial charge on any atom is 0.131 e. The molecule has 0 unspecified atom stereocenters. The highest BCUT2D eigenvalue weighted by Gasteiger charge is 2.16. The van der Waals surface area contributed by atoms with Crippen LogP contribution in [0.2, 0.25) is 0 Å². The van der Waals surface area contributed by atoms with E-state index in [2.05, 4.69) is 9.97 Å². The maximum atomic E-state index is 5.51. The molecule has 0 spiro atoms. The van der Waals surface area contributed by atoms with Crippen molar-refractivity contribution in [3.63, 3.8) is 0 Å². The molecule has 0 radical (unpaired) electrons. The lowest BCUT2D eigenvalue weighted by molar-refractivity contribution is 0.559. The third kappa shape index (κ3) is 3.01. The zero-order valence-electron chi connectivity index (χ0n) is 9.86. The van der Waals surface area contributed by atoms with Crippen molar-refractivity contribution in [2.45, 2.75) is 50.9 Å². The molecule has 3 heteroatoms. The van der Waals surface area contributed by atoms with Crippen LogP contribution in [0.15, 0.2) is 12.4 Å². The molecule has 0 atom stereocenters. The monoisotopic (exact) mass is 219 g/mol. The van der Waals surface area contributed by atoms with E-state index in [4.69, 9.17) is 5.73 Å². The van der Waals surface area contributed by atoms with Crippen LogP contribution in [0.3, 0.4) is 0 Å². The van der Waals surface area contributed by atoms with Gasteiger partial charge in [0.1, 0.15) is 5.82 Å². The van der Waals surface area contributed by atoms with Crippen LogP contribution in [0.25, 0.3) is 0 Å². The lowest BCUT2D eigenvalue weighted by Gasteiger charge is -2.12. The average molecular weight is 219 g/mol. The average Bonchev–Trinajstić information content (AvgIpc) is 2.59. The van der Waals surface area contributed by atoms with Crippen molar-refractivity contribution >= 4 is 0 Å². The summed E-state index contributed by atoms with van der Waals surface area (Å²) in [6.45, 7) is 0.673. The van der Waals surface area contributed by atoms with Crippen LogP contribution in [-0.2, 0) is 6.42 Å². The van der Waals surface area contributed by atoms with Crippen LogP contribution >= 0.6 is 0 Å². The smallest absolute Gasteiger partial charge is 0.131 e. The summed E-state index contributed by atoms with van der Waals surface area (Å²) in [5.41, 5.74) is 6.66. The molecule has 1 aliphatic carbocycles. The lowest BCUT2D eigenvalue weighted by atomic mass is 9.99. The van der Waals surface area contributed by atoms with Crippen molar-refractivity contribution in [3.8, 4) is 0 Å². The van der Waals surface area contributed by atoms with Gasteiger partial charge >= 0.3 is 0 Å². The molecular formula is C13H21N3. The fourth-order valence-corrected chi connectivity index (χ4v) is 2.41. The molecule has 16 heavy (non-hydrogen) atoms. The summed E-state index contributed by atoms with van der Waals surface area (Å²) in [7, 11) is 0. The summed E-state index contributed by atoms with van der Waals surface area (Å²) in [5, 5.41) is 0. The highest BCUT2D eigenvalue weighted by atomic mass is 14.9. The van der Waals surface area contributed by atoms with E-state index >= 15 is 0 Å². The molecule has 1 aliphatic rings. The summed E-state index contributed by atoms with van der Waals surface area (Å²) < 4.78 is 0. The van der Waals surface area contributed by atoms with Crippen molar-refractivity contribution in [1.82, 2.24) is 9.97 Å². The Kier molecular flexibility index (Phi) is 4.28. The predicted octanol–water partition coefficient (Wildman–Crippen LogP) is 2.42. The fourth-order valence-electron chi connectivity index (χ4n) is 2.41. The summed E-state index contributed by atoms with van der Waals surface area (Å²) in [4.78, 5) is 8.99. The molecule has 2 rings (SSSR count). The highest BCUT2D eigenvalue weighted by molar-refractivity contribution is 5.08. The van der Waals surface area contributed by atoms with Crippen molar-refractivity contribution in [3.05, 3.63) is 23.8 Å². The summed E-state index contributed by atoms with van der Waals surface area (Å²) >= 11 is 0. The van der Waals surface area contributed by atoms with Gasteiger partial charge in [0, 0.05) is 18.3 Å². The lowest BCUT2D eigenvalue weighted by Crippen LogP contribution is -2.07. The topological polar surface area (TPSA) is 51.8 Å². The van der Waals surface area contributed by atoms with Crippen molar-refractivity contribution in [2.75, 3.05) is 6.54 Å². The van der Waals surface area contributed by atoms with Crippen LogP contribution in [0.5, 0.6) is 0 Å². The third-order valence-corrected chi connectivity index (χ3v) is 3.38. The normalized spacial score (nSPS) is 18.3. The molecule has 0 aromatic carbocycles. The van der Waals surface area contributed by atoms with Crippen LogP contribution in [0.4, 0.5) is 0 Å². The molecule has 3 nitrogen and oxygen atoms in total. The van der Waals surface area contributed by atoms with E-state index in [-0.39, 0.29) is 0 Å². The number of rotatable bonds is 3. The number of nitrogens with two attached hydrogens (primary N) is 1. The first kappa shape index (κ1) is 11.5. The molecule has 1 fully saturated rings. The number of nitrogens with zero attached hydrogens (tertiary/aromatic N) is 2. The van der Waals surface area contributed by atoms with Crippen LogP contribution in [0, 0.1) is 0 Å². The van der Waals surface area contributed by atoms with Gasteiger partial charge in [-0.15, -0.1) is 0 Å². The molecule has 88 valence electrons. The van der Waals surface area contributed by atoms with Gasteiger partial charge in [0.2, 0.25) is 0 Å². The molecule has 1 aromatic heterocycles. The number of hydrogen-bond acceptors (Lipinski definition) is 3. The van der Waals surface area contributed by atoms with Gasteiger partial charge in [-0.25, -0.2) is 9.97 Å². The first-order valence-electron chi connectivity index (χ1n) is 6.41. The van der Waals surface area contributed by atoms with Crippen molar-refractivity contribution in [2.24, 2.45) is 5.73 Å². The molecular weight excluding hydrogens is 198 g/mol. The first-order valence-corrected chi connectivity index (χ1v) is 6.41. The van der Waals surface area contributed by atoms with Gasteiger partial charge in [0.15, 0.2) is 0 Å². The molecule has 2 N–H and O–H groups in total. The summed E-state index contributed by atoms with van der Waals surface area (Å²) in [6.07, 6.45) is 12.7. The maximum absolute atomic E-state index is 5.51. The number of hydrogen-bond donors (Lipinski definition) is 1. The predicted molar refractivity (Wildman–Crippen MR) is 65.2 cm³/mol. The van der Waals surface area contributed by atoms with Gasteiger partial charge in [-0.3, -0.25) is 0 Å². The second-order valence-electron chi connectivity index (χ2n) is 4.68. The minimum Gasteiger partial charge on any atom is -0.330 e. The Balaban J connectivity index is 2.01. The van der Waals surface area contributed by atoms with E-state index in [1.807, 2.05) is 12.4 Å². The van der Waals surface area contributed by atoms with Gasteiger partial charge < -0.3 is 5.73 Å².